The fourth-order valence-electron chi connectivity index (χ4n) is 1.77. The lowest BCUT2D eigenvalue weighted by molar-refractivity contribution is -0.139. The van der Waals surface area contributed by atoms with Gasteiger partial charge in [0.15, 0.2) is 0 Å². The molecule has 0 bridgehead atoms. The minimum Gasteiger partial charge on any atom is -0.490 e. The molecule has 2 aromatic rings. The van der Waals surface area contributed by atoms with E-state index in [1.807, 2.05) is 24.3 Å². The number of carbonyl (C=O) groups is 1. The van der Waals surface area contributed by atoms with E-state index < -0.39 is 5.97 Å². The van der Waals surface area contributed by atoms with Gasteiger partial charge in [0.25, 0.3) is 0 Å². The minimum absolute atomic E-state index is 0.0500. The molecule has 0 saturated heterocycles. The lowest BCUT2D eigenvalue weighted by Crippen LogP contribution is -2.13. The Morgan fingerprint density at radius 1 is 1.18 bits per heavy atom. The molecule has 0 atom stereocenters. The van der Waals surface area contributed by atoms with Crippen molar-refractivity contribution in [1.29, 1.82) is 0 Å². The fourth-order valence-corrected chi connectivity index (χ4v) is 2.58. The summed E-state index contributed by atoms with van der Waals surface area (Å²) in [7, 11) is 0. The molecule has 0 saturated carbocycles. The molecule has 5 nitrogen and oxygen atoms in total. The Bertz CT molecular complexity index is 707. The smallest absolute Gasteiger partial charge is 0.330 e. The average Bonchev–Trinajstić information content (AvgIpc) is 2.53. The fraction of sp³-hybridized carbons (Fsp3) is 0.250. The quantitative estimate of drug-likeness (QED) is 0.424. The van der Waals surface area contributed by atoms with Crippen molar-refractivity contribution in [3.05, 3.63) is 52.5 Å². The molecule has 0 amide bonds. The molecular weight excluding hydrogens is 304 g/mol. The highest BCUT2D eigenvalue weighted by Gasteiger charge is 2.04. The van der Waals surface area contributed by atoms with Gasteiger partial charge in [0, 0.05) is 22.2 Å². The van der Waals surface area contributed by atoms with Crippen LogP contribution in [0.15, 0.2) is 47.8 Å². The maximum atomic E-state index is 11.6. The molecule has 0 fully saturated rings. The van der Waals surface area contributed by atoms with E-state index in [9.17, 15) is 9.59 Å². The first-order chi connectivity index (χ1) is 10.7. The summed E-state index contributed by atoms with van der Waals surface area (Å²) < 4.78 is 16.5. The van der Waals surface area contributed by atoms with Crippen molar-refractivity contribution in [1.82, 2.24) is 0 Å². The third-order valence-electron chi connectivity index (χ3n) is 2.74. The maximum Gasteiger partial charge on any atom is 0.330 e. The zero-order valence-electron chi connectivity index (χ0n) is 11.9. The molecule has 2 rings (SSSR count). The van der Waals surface area contributed by atoms with Gasteiger partial charge in [-0.25, -0.2) is 4.79 Å². The number of hydrogen-bond acceptors (Lipinski definition) is 6. The van der Waals surface area contributed by atoms with Gasteiger partial charge in [0.05, 0.1) is 13.2 Å². The van der Waals surface area contributed by atoms with Crippen molar-refractivity contribution in [3.63, 3.8) is 0 Å². The first-order valence-electron chi connectivity index (χ1n) is 6.73. The van der Waals surface area contributed by atoms with Gasteiger partial charge < -0.3 is 14.2 Å². The zero-order valence-corrected chi connectivity index (χ0v) is 12.8. The Morgan fingerprint density at radius 2 is 1.95 bits per heavy atom. The highest BCUT2D eigenvalue weighted by molar-refractivity contribution is 7.16. The van der Waals surface area contributed by atoms with Crippen LogP contribution in [0.4, 0.5) is 0 Å². The van der Waals surface area contributed by atoms with Gasteiger partial charge >= 0.3 is 5.97 Å². The first-order valence-corrected chi connectivity index (χ1v) is 7.55. The van der Waals surface area contributed by atoms with Gasteiger partial charge in [-0.1, -0.05) is 30.0 Å². The number of fused-ring (bicyclic) bond motifs is 1. The second-order valence-corrected chi connectivity index (χ2v) is 5.30. The summed E-state index contributed by atoms with van der Waals surface area (Å²) in [5.41, 5.74) is 0. The second-order valence-electron chi connectivity index (χ2n) is 4.26. The zero-order chi connectivity index (χ0) is 15.8. The van der Waals surface area contributed by atoms with Crippen molar-refractivity contribution in [2.75, 3.05) is 26.4 Å². The van der Waals surface area contributed by atoms with Crippen LogP contribution in [0.25, 0.3) is 10.1 Å². The van der Waals surface area contributed by atoms with Crippen LogP contribution in [0.1, 0.15) is 0 Å². The van der Waals surface area contributed by atoms with Crippen LogP contribution < -0.4 is 9.48 Å². The molecule has 1 aromatic carbocycles. The summed E-state index contributed by atoms with van der Waals surface area (Å²) in [5, 5.41) is 0.909. The second kappa shape index (κ2) is 8.31. The molecule has 0 N–H and O–H groups in total. The molecule has 6 heteroatoms. The first kappa shape index (κ1) is 16.2. The predicted molar refractivity (Wildman–Crippen MR) is 85.6 cm³/mol. The average molecular weight is 320 g/mol. The van der Waals surface area contributed by atoms with E-state index in [-0.39, 0.29) is 18.0 Å². The van der Waals surface area contributed by atoms with E-state index in [0.29, 0.717) is 19.0 Å². The lowest BCUT2D eigenvalue weighted by atomic mass is 10.2. The molecule has 0 spiro atoms. The molecule has 0 unspecified atom stereocenters. The molecule has 1 aromatic heterocycles. The van der Waals surface area contributed by atoms with Crippen molar-refractivity contribution in [2.45, 2.75) is 0 Å². The van der Waals surface area contributed by atoms with Crippen LogP contribution in [0.2, 0.25) is 0 Å². The van der Waals surface area contributed by atoms with Gasteiger partial charge in [0.1, 0.15) is 19.0 Å². The van der Waals surface area contributed by atoms with Crippen LogP contribution in [-0.2, 0) is 14.3 Å². The SMILES string of the molecule is C=CC(=O)OCCOCCOc1cc(=O)sc2ccccc12. The number of hydrogen-bond donors (Lipinski definition) is 0. The summed E-state index contributed by atoms with van der Waals surface area (Å²) in [6.45, 7) is 4.40. The van der Waals surface area contributed by atoms with Gasteiger partial charge in [-0.15, -0.1) is 0 Å². The topological polar surface area (TPSA) is 61.8 Å². The van der Waals surface area contributed by atoms with Gasteiger partial charge in [-0.05, 0) is 12.1 Å². The summed E-state index contributed by atoms with van der Waals surface area (Å²) in [6, 6.07) is 9.07. The maximum absolute atomic E-state index is 11.6. The molecule has 116 valence electrons. The normalized spacial score (nSPS) is 10.4. The molecule has 0 aliphatic rings. The van der Waals surface area contributed by atoms with E-state index in [0.717, 1.165) is 16.2 Å². The van der Waals surface area contributed by atoms with Crippen LogP contribution >= 0.6 is 11.3 Å². The van der Waals surface area contributed by atoms with Crippen LogP contribution in [0, 0.1) is 0 Å². The van der Waals surface area contributed by atoms with E-state index >= 15 is 0 Å². The van der Waals surface area contributed by atoms with Crippen molar-refractivity contribution in [3.8, 4) is 5.75 Å². The largest absolute Gasteiger partial charge is 0.490 e. The van der Waals surface area contributed by atoms with E-state index in [1.165, 1.54) is 17.4 Å². The minimum atomic E-state index is -0.472. The standard InChI is InChI=1S/C16H16O5S/c1-2-15(17)21-10-8-19-7-9-20-13-11-16(18)22-14-6-4-3-5-12(13)14/h2-6,11H,1,7-10H2. The highest BCUT2D eigenvalue weighted by Crippen LogP contribution is 2.25. The monoisotopic (exact) mass is 320 g/mol. The van der Waals surface area contributed by atoms with Crippen molar-refractivity contribution in [2.24, 2.45) is 0 Å². The Hall–Kier alpha value is -2.18. The van der Waals surface area contributed by atoms with Crippen molar-refractivity contribution >= 4 is 27.4 Å². The Morgan fingerprint density at radius 3 is 2.77 bits per heavy atom. The molecule has 22 heavy (non-hydrogen) atoms. The Labute approximate surface area is 131 Å². The van der Waals surface area contributed by atoms with Crippen LogP contribution in [0.5, 0.6) is 5.75 Å². The summed E-state index contributed by atoms with van der Waals surface area (Å²) in [5.74, 6) is 0.0841. The van der Waals surface area contributed by atoms with Gasteiger partial charge in [-0.3, -0.25) is 4.79 Å². The highest BCUT2D eigenvalue weighted by atomic mass is 32.1. The number of rotatable bonds is 8. The molecule has 0 aliphatic carbocycles. The van der Waals surface area contributed by atoms with E-state index in [2.05, 4.69) is 6.58 Å². The Kier molecular flexibility index (Phi) is 6.12. The number of esters is 1. The van der Waals surface area contributed by atoms with Gasteiger partial charge in [-0.2, -0.15) is 0 Å². The molecule has 1 heterocycles. The van der Waals surface area contributed by atoms with E-state index in [4.69, 9.17) is 14.2 Å². The number of carbonyl (C=O) groups excluding carboxylic acids is 1. The summed E-state index contributed by atoms with van der Waals surface area (Å²) >= 11 is 1.19. The van der Waals surface area contributed by atoms with Crippen LogP contribution in [0.3, 0.4) is 0 Å². The summed E-state index contributed by atoms with van der Waals surface area (Å²) in [6.07, 6.45) is 1.10. The third-order valence-corrected chi connectivity index (χ3v) is 3.63. The molecule has 0 aliphatic heterocycles. The Balaban J connectivity index is 1.79. The predicted octanol–water partition coefficient (Wildman–Crippen LogP) is 2.39. The third kappa shape index (κ3) is 4.68. The van der Waals surface area contributed by atoms with Gasteiger partial charge in [0.2, 0.25) is 4.74 Å². The molecular formula is C16H16O5S. The van der Waals surface area contributed by atoms with Crippen LogP contribution in [-0.4, -0.2) is 32.4 Å². The molecule has 0 radical (unpaired) electrons. The summed E-state index contributed by atoms with van der Waals surface area (Å²) in [4.78, 5) is 22.4. The van der Waals surface area contributed by atoms with E-state index in [1.54, 1.807) is 0 Å². The lowest BCUT2D eigenvalue weighted by Gasteiger charge is -2.09. The van der Waals surface area contributed by atoms with Crippen molar-refractivity contribution < 1.29 is 19.0 Å². The number of ether oxygens (including phenoxy) is 3. The number of benzene rings is 1.